The van der Waals surface area contributed by atoms with Gasteiger partial charge in [0.25, 0.3) is 0 Å². The second-order valence-corrected chi connectivity index (χ2v) is 7.38. The number of aliphatic hydroxyl groups excluding tert-OH is 5. The Labute approximate surface area is 176 Å². The van der Waals surface area contributed by atoms with Crippen molar-refractivity contribution in [3.8, 4) is 17.2 Å². The van der Waals surface area contributed by atoms with Gasteiger partial charge >= 0.3 is 0 Å². The molecule has 0 radical (unpaired) electrons. The fourth-order valence-corrected chi connectivity index (χ4v) is 3.54. The molecule has 0 amide bonds. The minimum Gasteiger partial charge on any atom is -0.508 e. The molecule has 1 aliphatic rings. The highest BCUT2D eigenvalue weighted by molar-refractivity contribution is 5.99. The number of ketones is 1. The first-order valence-corrected chi connectivity index (χ1v) is 9.51. The van der Waals surface area contributed by atoms with Crippen LogP contribution < -0.4 is 0 Å². The van der Waals surface area contributed by atoms with E-state index in [0.717, 1.165) is 12.1 Å². The average Bonchev–Trinajstić information content (AvgIpc) is 2.74. The number of carbonyl (C=O) groups is 1. The van der Waals surface area contributed by atoms with Gasteiger partial charge in [0.15, 0.2) is 5.78 Å². The molecule has 0 spiro atoms. The molecular formula is C21H24O10. The molecule has 6 atom stereocenters. The first-order chi connectivity index (χ1) is 14.6. The topological polar surface area (TPSA) is 188 Å². The largest absolute Gasteiger partial charge is 0.508 e. The molecule has 168 valence electrons. The summed E-state index contributed by atoms with van der Waals surface area (Å²) in [5.41, 5.74) is -0.317. The van der Waals surface area contributed by atoms with Crippen molar-refractivity contribution in [2.75, 3.05) is 6.61 Å². The van der Waals surface area contributed by atoms with Gasteiger partial charge in [0.2, 0.25) is 0 Å². The zero-order valence-electron chi connectivity index (χ0n) is 16.2. The van der Waals surface area contributed by atoms with Gasteiger partial charge < -0.3 is 45.6 Å². The minimum absolute atomic E-state index is 0.0115. The zero-order valence-corrected chi connectivity index (χ0v) is 16.2. The highest BCUT2D eigenvalue weighted by Crippen LogP contribution is 2.43. The first-order valence-electron chi connectivity index (χ1n) is 9.51. The van der Waals surface area contributed by atoms with Crippen LogP contribution in [0.1, 0.15) is 40.1 Å². The average molecular weight is 436 g/mol. The van der Waals surface area contributed by atoms with Crippen LogP contribution in [-0.4, -0.2) is 77.7 Å². The summed E-state index contributed by atoms with van der Waals surface area (Å²) >= 11 is 0. The molecule has 1 saturated heterocycles. The maximum Gasteiger partial charge on any atom is 0.169 e. The van der Waals surface area contributed by atoms with Crippen LogP contribution in [0.25, 0.3) is 0 Å². The van der Waals surface area contributed by atoms with E-state index >= 15 is 0 Å². The van der Waals surface area contributed by atoms with E-state index in [2.05, 4.69) is 0 Å². The number of carbonyl (C=O) groups excluding carboxylic acids is 1. The van der Waals surface area contributed by atoms with Gasteiger partial charge in [-0.15, -0.1) is 0 Å². The number of hydrogen-bond donors (Lipinski definition) is 8. The van der Waals surface area contributed by atoms with Gasteiger partial charge in [-0.25, -0.2) is 0 Å². The third kappa shape index (κ3) is 4.49. The highest BCUT2D eigenvalue weighted by atomic mass is 16.5. The van der Waals surface area contributed by atoms with Crippen molar-refractivity contribution in [3.63, 3.8) is 0 Å². The number of phenolic OH excluding ortho intramolecular Hbond substituents is 3. The summed E-state index contributed by atoms with van der Waals surface area (Å²) in [4.78, 5) is 12.7. The van der Waals surface area contributed by atoms with Crippen molar-refractivity contribution in [2.24, 2.45) is 0 Å². The van der Waals surface area contributed by atoms with Crippen LogP contribution >= 0.6 is 0 Å². The number of hydrogen-bond acceptors (Lipinski definition) is 10. The number of aliphatic hydroxyl groups is 5. The molecule has 0 bridgehead atoms. The van der Waals surface area contributed by atoms with Crippen LogP contribution in [0, 0.1) is 0 Å². The molecule has 0 aliphatic carbocycles. The predicted octanol–water partition coefficient (Wildman–Crippen LogP) is -0.375. The summed E-state index contributed by atoms with van der Waals surface area (Å²) < 4.78 is 5.36. The van der Waals surface area contributed by atoms with Gasteiger partial charge in [0.05, 0.1) is 23.8 Å². The van der Waals surface area contributed by atoms with Crippen molar-refractivity contribution in [1.29, 1.82) is 0 Å². The fourth-order valence-electron chi connectivity index (χ4n) is 3.54. The fraction of sp³-hybridized carbons (Fsp3) is 0.381. The highest BCUT2D eigenvalue weighted by Gasteiger charge is 2.46. The maximum absolute atomic E-state index is 12.7. The Bertz CT molecular complexity index is 927. The van der Waals surface area contributed by atoms with Crippen LogP contribution in [0.5, 0.6) is 17.2 Å². The molecule has 3 rings (SSSR count). The molecule has 1 fully saturated rings. The number of ether oxygens (including phenoxy) is 1. The lowest BCUT2D eigenvalue weighted by Gasteiger charge is -2.40. The third-order valence-electron chi connectivity index (χ3n) is 5.33. The molecule has 1 heterocycles. The van der Waals surface area contributed by atoms with Gasteiger partial charge in [0, 0.05) is 6.42 Å². The van der Waals surface area contributed by atoms with E-state index in [1.54, 1.807) is 0 Å². The molecule has 0 unspecified atom stereocenters. The van der Waals surface area contributed by atoms with Gasteiger partial charge in [-0.1, -0.05) is 12.1 Å². The van der Waals surface area contributed by atoms with Crippen molar-refractivity contribution >= 4 is 5.78 Å². The molecule has 1 aliphatic heterocycles. The first kappa shape index (κ1) is 22.9. The van der Waals surface area contributed by atoms with Crippen LogP contribution in [0.2, 0.25) is 0 Å². The minimum atomic E-state index is -1.78. The lowest BCUT2D eigenvalue weighted by molar-refractivity contribution is -0.232. The standard InChI is InChI=1S/C21H24O10/c22-8-15-18(28)19(29)20(30)21(31-15)16-12(24)6-5-11(17(16)27)14(26)7-13(25)9-1-3-10(23)4-2-9/h1-6,13,15,18-25,27-30H,7-8H2/t13-,15+,18+,19-,20+,21-/m0/s1. The third-order valence-corrected chi connectivity index (χ3v) is 5.33. The summed E-state index contributed by atoms with van der Waals surface area (Å²) in [5.74, 6) is -1.98. The summed E-state index contributed by atoms with van der Waals surface area (Å²) in [5, 5.41) is 80.0. The second kappa shape index (κ2) is 9.18. The van der Waals surface area contributed by atoms with E-state index in [1.165, 1.54) is 24.3 Å². The Hall–Kier alpha value is -2.73. The Morgan fingerprint density at radius 3 is 2.19 bits per heavy atom. The molecular weight excluding hydrogens is 412 g/mol. The van der Waals surface area contributed by atoms with E-state index in [4.69, 9.17) is 4.74 Å². The molecule has 10 nitrogen and oxygen atoms in total. The Kier molecular flexibility index (Phi) is 6.80. The van der Waals surface area contributed by atoms with Gasteiger partial charge in [-0.2, -0.15) is 0 Å². The number of benzene rings is 2. The monoisotopic (exact) mass is 436 g/mol. The summed E-state index contributed by atoms with van der Waals surface area (Å²) in [6.07, 6.45) is -9.66. The van der Waals surface area contributed by atoms with Gasteiger partial charge in [0.1, 0.15) is 47.8 Å². The van der Waals surface area contributed by atoms with Crippen molar-refractivity contribution in [3.05, 3.63) is 53.1 Å². The second-order valence-electron chi connectivity index (χ2n) is 7.38. The van der Waals surface area contributed by atoms with Crippen LogP contribution in [0.3, 0.4) is 0 Å². The SMILES string of the molecule is O=C(C[C@H](O)c1ccc(O)cc1)c1ccc(O)c([C@@H]2O[C@H](CO)[C@@H](O)[C@H](O)[C@H]2O)c1O. The molecule has 2 aromatic carbocycles. The van der Waals surface area contributed by atoms with E-state index in [9.17, 15) is 45.6 Å². The van der Waals surface area contributed by atoms with Crippen LogP contribution in [-0.2, 0) is 4.74 Å². The van der Waals surface area contributed by atoms with E-state index < -0.39 is 72.5 Å². The lowest BCUT2D eigenvalue weighted by atomic mass is 9.88. The Morgan fingerprint density at radius 1 is 0.935 bits per heavy atom. The predicted molar refractivity (Wildman–Crippen MR) is 105 cm³/mol. The number of phenols is 3. The van der Waals surface area contributed by atoms with Crippen molar-refractivity contribution in [1.82, 2.24) is 0 Å². The molecule has 2 aromatic rings. The molecule has 31 heavy (non-hydrogen) atoms. The van der Waals surface area contributed by atoms with Gasteiger partial charge in [-0.05, 0) is 29.8 Å². The van der Waals surface area contributed by atoms with Crippen molar-refractivity contribution in [2.45, 2.75) is 43.0 Å². The molecule has 0 aromatic heterocycles. The molecule has 0 saturated carbocycles. The van der Waals surface area contributed by atoms with Crippen molar-refractivity contribution < 1.29 is 50.4 Å². The Balaban J connectivity index is 1.89. The summed E-state index contributed by atoms with van der Waals surface area (Å²) in [6.45, 7) is -0.708. The number of rotatable bonds is 6. The van der Waals surface area contributed by atoms with Crippen LogP contribution in [0.4, 0.5) is 0 Å². The van der Waals surface area contributed by atoms with E-state index in [1.807, 2.05) is 0 Å². The quantitative estimate of drug-likeness (QED) is 0.277. The van der Waals surface area contributed by atoms with E-state index in [-0.39, 0.29) is 11.3 Å². The van der Waals surface area contributed by atoms with Gasteiger partial charge in [-0.3, -0.25) is 4.79 Å². The molecule has 8 N–H and O–H groups in total. The Morgan fingerprint density at radius 2 is 1.58 bits per heavy atom. The zero-order chi connectivity index (χ0) is 22.9. The smallest absolute Gasteiger partial charge is 0.169 e. The number of Topliss-reactive ketones (excluding diaryl/α,β-unsaturated/α-hetero) is 1. The summed E-state index contributed by atoms with van der Waals surface area (Å²) in [7, 11) is 0. The maximum atomic E-state index is 12.7. The van der Waals surface area contributed by atoms with Crippen LogP contribution in [0.15, 0.2) is 36.4 Å². The normalized spacial score (nSPS) is 27.1. The number of aromatic hydroxyl groups is 3. The molecule has 10 heteroatoms. The van der Waals surface area contributed by atoms with E-state index in [0.29, 0.717) is 5.56 Å². The lowest BCUT2D eigenvalue weighted by Crippen LogP contribution is -2.55. The summed E-state index contributed by atoms with van der Waals surface area (Å²) in [6, 6.07) is 7.77.